The van der Waals surface area contributed by atoms with E-state index in [2.05, 4.69) is 16.9 Å². The summed E-state index contributed by atoms with van der Waals surface area (Å²) in [7, 11) is 0. The van der Waals surface area contributed by atoms with Crippen LogP contribution in [0.25, 0.3) is 0 Å². The molecule has 18 heavy (non-hydrogen) atoms. The van der Waals surface area contributed by atoms with Gasteiger partial charge in [-0.25, -0.2) is 0 Å². The molecular weight excluding hydrogens is 244 g/mol. The lowest BCUT2D eigenvalue weighted by Gasteiger charge is -2.13. The first-order chi connectivity index (χ1) is 8.78. The quantitative estimate of drug-likeness (QED) is 0.858. The highest BCUT2D eigenvalue weighted by molar-refractivity contribution is 7.99. The van der Waals surface area contributed by atoms with Crippen molar-refractivity contribution < 1.29 is 4.79 Å². The summed E-state index contributed by atoms with van der Waals surface area (Å²) in [4.78, 5) is 11.8. The molecule has 3 nitrogen and oxygen atoms in total. The van der Waals surface area contributed by atoms with Crippen LogP contribution in [0, 0.1) is 0 Å². The van der Waals surface area contributed by atoms with E-state index in [0.29, 0.717) is 12.6 Å². The molecule has 1 saturated carbocycles. The van der Waals surface area contributed by atoms with Gasteiger partial charge in [-0.15, -0.1) is 0 Å². The molecule has 98 valence electrons. The van der Waals surface area contributed by atoms with E-state index in [-0.39, 0.29) is 5.91 Å². The van der Waals surface area contributed by atoms with Crippen molar-refractivity contribution in [1.82, 2.24) is 5.32 Å². The van der Waals surface area contributed by atoms with E-state index in [1.165, 1.54) is 6.42 Å². The Labute approximate surface area is 113 Å². The van der Waals surface area contributed by atoms with Gasteiger partial charge in [0.15, 0.2) is 0 Å². The predicted molar refractivity (Wildman–Crippen MR) is 78.0 cm³/mol. The number of carbonyl (C=O) groups is 1. The van der Waals surface area contributed by atoms with E-state index in [9.17, 15) is 4.79 Å². The van der Waals surface area contributed by atoms with Crippen molar-refractivity contribution in [2.75, 3.05) is 18.1 Å². The highest BCUT2D eigenvalue weighted by Crippen LogP contribution is 2.27. The number of para-hydroxylation sites is 1. The maximum absolute atomic E-state index is 11.8. The van der Waals surface area contributed by atoms with E-state index in [1.807, 2.05) is 42.1 Å². The number of thioether (sulfide) groups is 1. The number of rotatable bonds is 5. The zero-order valence-corrected chi connectivity index (χ0v) is 11.5. The van der Waals surface area contributed by atoms with Gasteiger partial charge < -0.3 is 10.6 Å². The van der Waals surface area contributed by atoms with Gasteiger partial charge in [-0.2, -0.15) is 11.8 Å². The van der Waals surface area contributed by atoms with Gasteiger partial charge in [-0.3, -0.25) is 4.79 Å². The van der Waals surface area contributed by atoms with Crippen molar-refractivity contribution in [3.8, 4) is 0 Å². The molecule has 2 N–H and O–H groups in total. The van der Waals surface area contributed by atoms with Crippen molar-refractivity contribution in [2.24, 2.45) is 0 Å². The molecule has 4 heteroatoms. The maximum atomic E-state index is 11.8. The lowest BCUT2D eigenvalue weighted by molar-refractivity contribution is -0.120. The Morgan fingerprint density at radius 2 is 2.11 bits per heavy atom. The molecule has 1 aliphatic carbocycles. The molecule has 0 radical (unpaired) electrons. The van der Waals surface area contributed by atoms with Crippen molar-refractivity contribution in [3.05, 3.63) is 30.3 Å². The molecular formula is C14H20N2OS. The second-order valence-corrected chi connectivity index (χ2v) is 5.79. The molecule has 0 aromatic heterocycles. The third-order valence-corrected chi connectivity index (χ3v) is 4.40. The summed E-state index contributed by atoms with van der Waals surface area (Å²) in [5.41, 5.74) is 0.987. The first-order valence-corrected chi connectivity index (χ1v) is 7.68. The Kier molecular flexibility index (Phi) is 4.93. The summed E-state index contributed by atoms with van der Waals surface area (Å²) in [6.07, 6.45) is 5.59. The monoisotopic (exact) mass is 264 g/mol. The minimum Gasteiger partial charge on any atom is -0.376 e. The molecule has 2 unspecified atom stereocenters. The molecule has 0 bridgehead atoms. The number of hydrogen-bond acceptors (Lipinski definition) is 3. The van der Waals surface area contributed by atoms with Gasteiger partial charge in [0.25, 0.3) is 0 Å². The second kappa shape index (κ2) is 6.69. The molecule has 1 aromatic rings. The fourth-order valence-corrected chi connectivity index (χ4v) is 3.10. The summed E-state index contributed by atoms with van der Waals surface area (Å²) in [5, 5.41) is 6.94. The number of hydrogen-bond donors (Lipinski definition) is 2. The lowest BCUT2D eigenvalue weighted by Crippen LogP contribution is -2.37. The number of nitrogens with one attached hydrogen (secondary N) is 2. The molecule has 1 fully saturated rings. The Balaban J connectivity index is 1.70. The van der Waals surface area contributed by atoms with Crippen LogP contribution < -0.4 is 10.6 Å². The highest BCUT2D eigenvalue weighted by Gasteiger charge is 2.24. The molecule has 1 amide bonds. The fourth-order valence-electron chi connectivity index (χ4n) is 2.30. The fraction of sp³-hybridized carbons (Fsp3) is 0.500. The SMILES string of the molecule is CSC1CCC(NC(=O)CNc2ccccc2)C1. The first-order valence-electron chi connectivity index (χ1n) is 6.39. The lowest BCUT2D eigenvalue weighted by atomic mass is 10.2. The number of amides is 1. The largest absolute Gasteiger partial charge is 0.376 e. The van der Waals surface area contributed by atoms with Crippen molar-refractivity contribution in [2.45, 2.75) is 30.6 Å². The summed E-state index contributed by atoms with van der Waals surface area (Å²) in [6.45, 7) is 0.352. The topological polar surface area (TPSA) is 41.1 Å². The third-order valence-electron chi connectivity index (χ3n) is 3.31. The molecule has 0 aliphatic heterocycles. The van der Waals surface area contributed by atoms with Gasteiger partial charge in [0.1, 0.15) is 0 Å². The van der Waals surface area contributed by atoms with Gasteiger partial charge in [-0.1, -0.05) is 18.2 Å². The maximum Gasteiger partial charge on any atom is 0.239 e. The highest BCUT2D eigenvalue weighted by atomic mass is 32.2. The smallest absolute Gasteiger partial charge is 0.239 e. The van der Waals surface area contributed by atoms with E-state index < -0.39 is 0 Å². The van der Waals surface area contributed by atoms with Crippen LogP contribution >= 0.6 is 11.8 Å². The molecule has 2 atom stereocenters. The molecule has 0 saturated heterocycles. The van der Waals surface area contributed by atoms with Gasteiger partial charge in [-0.05, 0) is 37.7 Å². The van der Waals surface area contributed by atoms with Crippen LogP contribution in [0.3, 0.4) is 0 Å². The van der Waals surface area contributed by atoms with E-state index in [1.54, 1.807) is 0 Å². The average Bonchev–Trinajstić information content (AvgIpc) is 2.85. The number of carbonyl (C=O) groups excluding carboxylic acids is 1. The molecule has 0 heterocycles. The molecule has 2 rings (SSSR count). The van der Waals surface area contributed by atoms with Crippen molar-refractivity contribution in [1.29, 1.82) is 0 Å². The summed E-state index contributed by atoms with van der Waals surface area (Å²) < 4.78 is 0. The van der Waals surface area contributed by atoms with E-state index >= 15 is 0 Å². The van der Waals surface area contributed by atoms with Crippen molar-refractivity contribution >= 4 is 23.4 Å². The summed E-state index contributed by atoms with van der Waals surface area (Å²) in [5.74, 6) is 0.0885. The third kappa shape index (κ3) is 3.95. The van der Waals surface area contributed by atoms with E-state index in [0.717, 1.165) is 23.8 Å². The van der Waals surface area contributed by atoms with Gasteiger partial charge in [0.05, 0.1) is 6.54 Å². The zero-order valence-electron chi connectivity index (χ0n) is 10.7. The Morgan fingerprint density at radius 3 is 2.78 bits per heavy atom. The van der Waals surface area contributed by atoms with E-state index in [4.69, 9.17) is 0 Å². The van der Waals surface area contributed by atoms with Crippen LogP contribution in [-0.2, 0) is 4.79 Å². The van der Waals surface area contributed by atoms with Crippen LogP contribution in [-0.4, -0.2) is 30.0 Å². The first kappa shape index (κ1) is 13.3. The van der Waals surface area contributed by atoms with Gasteiger partial charge in [0, 0.05) is 17.0 Å². The van der Waals surface area contributed by atoms with Crippen molar-refractivity contribution in [3.63, 3.8) is 0 Å². The summed E-state index contributed by atoms with van der Waals surface area (Å²) in [6, 6.07) is 10.2. The molecule has 1 aliphatic rings. The minimum absolute atomic E-state index is 0.0885. The Hall–Kier alpha value is -1.16. The normalized spacial score (nSPS) is 22.7. The van der Waals surface area contributed by atoms with Crippen LogP contribution in [0.2, 0.25) is 0 Å². The molecule has 1 aromatic carbocycles. The van der Waals surface area contributed by atoms with Gasteiger partial charge in [0.2, 0.25) is 5.91 Å². The van der Waals surface area contributed by atoms with Crippen LogP contribution in [0.4, 0.5) is 5.69 Å². The number of benzene rings is 1. The zero-order chi connectivity index (χ0) is 12.8. The van der Waals surface area contributed by atoms with Crippen LogP contribution in [0.1, 0.15) is 19.3 Å². The number of anilines is 1. The molecule has 0 spiro atoms. The minimum atomic E-state index is 0.0885. The van der Waals surface area contributed by atoms with Crippen LogP contribution in [0.15, 0.2) is 30.3 Å². The standard InChI is InChI=1S/C14H20N2OS/c1-18-13-8-7-12(9-13)16-14(17)10-15-11-5-3-2-4-6-11/h2-6,12-13,15H,7-10H2,1H3,(H,16,17). The Bertz CT molecular complexity index is 383. The average molecular weight is 264 g/mol. The predicted octanol–water partition coefficient (Wildman–Crippen LogP) is 2.50. The summed E-state index contributed by atoms with van der Waals surface area (Å²) >= 11 is 1.91. The van der Waals surface area contributed by atoms with Crippen LogP contribution in [0.5, 0.6) is 0 Å². The second-order valence-electron chi connectivity index (χ2n) is 4.65. The Morgan fingerprint density at radius 1 is 1.33 bits per heavy atom. The van der Waals surface area contributed by atoms with Gasteiger partial charge >= 0.3 is 0 Å².